The normalized spacial score (nSPS) is 19.2. The molecule has 0 saturated carbocycles. The Morgan fingerprint density at radius 2 is 2.14 bits per heavy atom. The van der Waals surface area contributed by atoms with Crippen LogP contribution in [0.2, 0.25) is 0 Å². The van der Waals surface area contributed by atoms with E-state index in [0.29, 0.717) is 18.8 Å². The van der Waals surface area contributed by atoms with E-state index in [-0.39, 0.29) is 17.3 Å². The highest BCUT2D eigenvalue weighted by atomic mass is 19.4. The number of Topliss-reactive ketones (excluding diaryl/α,β-unsaturated/α-hetero) is 1. The van der Waals surface area contributed by atoms with Crippen molar-refractivity contribution in [2.45, 2.75) is 25.9 Å². The molecule has 1 heterocycles. The zero-order valence-corrected chi connectivity index (χ0v) is 11.6. The van der Waals surface area contributed by atoms with Gasteiger partial charge in [-0.15, -0.1) is 0 Å². The van der Waals surface area contributed by atoms with E-state index >= 15 is 0 Å². The molecule has 0 radical (unpaired) electrons. The molecule has 1 aliphatic heterocycles. The smallest absolute Gasteiger partial charge is 0.371 e. The fourth-order valence-corrected chi connectivity index (χ4v) is 2.60. The Morgan fingerprint density at radius 3 is 2.71 bits per heavy atom. The predicted molar refractivity (Wildman–Crippen MR) is 71.8 cm³/mol. The molecule has 0 bridgehead atoms. The van der Waals surface area contributed by atoms with Gasteiger partial charge in [0.05, 0.1) is 17.2 Å². The molecule has 6 heteroatoms. The van der Waals surface area contributed by atoms with Crippen LogP contribution in [0.3, 0.4) is 0 Å². The van der Waals surface area contributed by atoms with Crippen molar-refractivity contribution in [1.82, 2.24) is 0 Å². The third-order valence-corrected chi connectivity index (χ3v) is 3.79. The highest BCUT2D eigenvalue weighted by Crippen LogP contribution is 2.35. The Kier molecular flexibility index (Phi) is 4.21. The molecule has 1 saturated heterocycles. The Bertz CT molecular complexity index is 590. The number of hydrogen-bond acceptors (Lipinski definition) is 3. The molecule has 21 heavy (non-hydrogen) atoms. The van der Waals surface area contributed by atoms with Crippen molar-refractivity contribution in [3.63, 3.8) is 0 Å². The molecule has 2 rings (SSSR count). The van der Waals surface area contributed by atoms with Gasteiger partial charge in [-0.3, -0.25) is 4.79 Å². The van der Waals surface area contributed by atoms with Gasteiger partial charge in [-0.05, 0) is 38.0 Å². The summed E-state index contributed by atoms with van der Waals surface area (Å²) < 4.78 is 38.9. The standard InChI is InChI=1S/C15H15F3N2O/c1-10(21)12-3-2-6-20(9-12)13-5-4-11(8-19)14(7-13)15(16,17)18/h4-5,7,12H,2-3,6,9H2,1H3. The summed E-state index contributed by atoms with van der Waals surface area (Å²) in [6.07, 6.45) is -3.02. The van der Waals surface area contributed by atoms with Crippen LogP contribution < -0.4 is 4.90 Å². The van der Waals surface area contributed by atoms with Crippen molar-refractivity contribution in [3.05, 3.63) is 29.3 Å². The molecule has 1 aliphatic rings. The van der Waals surface area contributed by atoms with Crippen LogP contribution in [0.1, 0.15) is 30.9 Å². The number of nitriles is 1. The van der Waals surface area contributed by atoms with Gasteiger partial charge in [0.2, 0.25) is 0 Å². The molecule has 1 unspecified atom stereocenters. The van der Waals surface area contributed by atoms with Crippen molar-refractivity contribution in [2.24, 2.45) is 5.92 Å². The summed E-state index contributed by atoms with van der Waals surface area (Å²) in [5, 5.41) is 8.79. The van der Waals surface area contributed by atoms with E-state index in [9.17, 15) is 18.0 Å². The summed E-state index contributed by atoms with van der Waals surface area (Å²) in [6.45, 7) is 2.56. The molecule has 1 aromatic carbocycles. The first-order valence-electron chi connectivity index (χ1n) is 6.69. The maximum atomic E-state index is 13.0. The van der Waals surface area contributed by atoms with Gasteiger partial charge in [-0.1, -0.05) is 0 Å². The predicted octanol–water partition coefficient (Wildman–Crippen LogP) is 3.38. The molecule has 1 aromatic rings. The van der Waals surface area contributed by atoms with Gasteiger partial charge < -0.3 is 4.90 Å². The van der Waals surface area contributed by atoms with E-state index in [1.807, 2.05) is 0 Å². The average Bonchev–Trinajstić information content (AvgIpc) is 2.45. The number of nitrogens with zero attached hydrogens (tertiary/aromatic N) is 2. The first-order chi connectivity index (χ1) is 9.82. The number of piperidine rings is 1. The molecule has 0 spiro atoms. The lowest BCUT2D eigenvalue weighted by atomic mass is 9.94. The molecule has 112 valence electrons. The van der Waals surface area contributed by atoms with Crippen molar-refractivity contribution in [2.75, 3.05) is 18.0 Å². The highest BCUT2D eigenvalue weighted by Gasteiger charge is 2.34. The topological polar surface area (TPSA) is 44.1 Å². The van der Waals surface area contributed by atoms with Crippen LogP contribution in [-0.2, 0) is 11.0 Å². The van der Waals surface area contributed by atoms with E-state index in [4.69, 9.17) is 5.26 Å². The van der Waals surface area contributed by atoms with Crippen molar-refractivity contribution in [3.8, 4) is 6.07 Å². The summed E-state index contributed by atoms with van der Waals surface area (Å²) in [7, 11) is 0. The molecule has 0 aliphatic carbocycles. The van der Waals surface area contributed by atoms with Crippen molar-refractivity contribution < 1.29 is 18.0 Å². The van der Waals surface area contributed by atoms with Gasteiger partial charge in [0.1, 0.15) is 5.78 Å². The molecular formula is C15H15F3N2O. The van der Waals surface area contributed by atoms with Gasteiger partial charge in [0.25, 0.3) is 0 Å². The minimum absolute atomic E-state index is 0.0596. The lowest BCUT2D eigenvalue weighted by Gasteiger charge is -2.33. The highest BCUT2D eigenvalue weighted by molar-refractivity contribution is 5.79. The van der Waals surface area contributed by atoms with E-state index < -0.39 is 11.7 Å². The average molecular weight is 296 g/mol. The molecule has 3 nitrogen and oxygen atoms in total. The number of benzene rings is 1. The number of rotatable bonds is 2. The van der Waals surface area contributed by atoms with Crippen LogP contribution in [0.15, 0.2) is 18.2 Å². The Hall–Kier alpha value is -2.03. The van der Waals surface area contributed by atoms with Gasteiger partial charge >= 0.3 is 6.18 Å². The third-order valence-electron chi connectivity index (χ3n) is 3.79. The quantitative estimate of drug-likeness (QED) is 0.840. The van der Waals surface area contributed by atoms with Crippen LogP contribution in [-0.4, -0.2) is 18.9 Å². The monoisotopic (exact) mass is 296 g/mol. The number of anilines is 1. The lowest BCUT2D eigenvalue weighted by Crippen LogP contribution is -2.38. The van der Waals surface area contributed by atoms with Crippen LogP contribution in [0.4, 0.5) is 18.9 Å². The minimum atomic E-state index is -4.56. The molecule has 0 N–H and O–H groups in total. The van der Waals surface area contributed by atoms with Crippen LogP contribution >= 0.6 is 0 Å². The SMILES string of the molecule is CC(=O)C1CCCN(c2ccc(C#N)c(C(F)(F)F)c2)C1. The maximum absolute atomic E-state index is 13.0. The second-order valence-electron chi connectivity index (χ2n) is 5.24. The van der Waals surface area contributed by atoms with Gasteiger partial charge in [0, 0.05) is 24.7 Å². The van der Waals surface area contributed by atoms with E-state index in [1.165, 1.54) is 19.1 Å². The molecule has 1 fully saturated rings. The molecule has 0 amide bonds. The van der Waals surface area contributed by atoms with E-state index in [0.717, 1.165) is 18.9 Å². The summed E-state index contributed by atoms with van der Waals surface area (Å²) in [5.41, 5.74) is -0.897. The second-order valence-corrected chi connectivity index (χ2v) is 5.24. The first-order valence-corrected chi connectivity index (χ1v) is 6.69. The van der Waals surface area contributed by atoms with Crippen LogP contribution in [0.5, 0.6) is 0 Å². The maximum Gasteiger partial charge on any atom is 0.417 e. The Balaban J connectivity index is 2.33. The summed E-state index contributed by atoms with van der Waals surface area (Å²) >= 11 is 0. The summed E-state index contributed by atoms with van der Waals surface area (Å²) in [4.78, 5) is 13.2. The Morgan fingerprint density at radius 1 is 1.43 bits per heavy atom. The van der Waals surface area contributed by atoms with Crippen LogP contribution in [0, 0.1) is 17.2 Å². The number of halogens is 3. The van der Waals surface area contributed by atoms with Gasteiger partial charge in [0.15, 0.2) is 0 Å². The summed E-state index contributed by atoms with van der Waals surface area (Å²) in [5.74, 6) is -0.0758. The minimum Gasteiger partial charge on any atom is -0.371 e. The molecule has 1 atom stereocenters. The number of hydrogen-bond donors (Lipinski definition) is 0. The third kappa shape index (κ3) is 3.35. The fourth-order valence-electron chi connectivity index (χ4n) is 2.60. The number of carbonyl (C=O) groups is 1. The van der Waals surface area contributed by atoms with Crippen LogP contribution in [0.25, 0.3) is 0 Å². The molecular weight excluding hydrogens is 281 g/mol. The van der Waals surface area contributed by atoms with Crippen molar-refractivity contribution >= 4 is 11.5 Å². The van der Waals surface area contributed by atoms with Crippen molar-refractivity contribution in [1.29, 1.82) is 5.26 Å². The van der Waals surface area contributed by atoms with E-state index in [1.54, 1.807) is 11.0 Å². The van der Waals surface area contributed by atoms with Gasteiger partial charge in [-0.2, -0.15) is 18.4 Å². The largest absolute Gasteiger partial charge is 0.417 e. The summed E-state index contributed by atoms with van der Waals surface area (Å²) in [6, 6.07) is 5.27. The fraction of sp³-hybridized carbons (Fsp3) is 0.467. The zero-order chi connectivity index (χ0) is 15.6. The first kappa shape index (κ1) is 15.4. The number of carbonyl (C=O) groups excluding carboxylic acids is 1. The Labute approximate surface area is 121 Å². The number of alkyl halides is 3. The number of ketones is 1. The molecule has 0 aromatic heterocycles. The second kappa shape index (κ2) is 5.76. The zero-order valence-electron chi connectivity index (χ0n) is 11.6. The lowest BCUT2D eigenvalue weighted by molar-refractivity contribution is -0.137. The van der Waals surface area contributed by atoms with Gasteiger partial charge in [-0.25, -0.2) is 0 Å². The van der Waals surface area contributed by atoms with E-state index in [2.05, 4.69) is 0 Å².